The molecule has 3 amide bonds. The quantitative estimate of drug-likeness (QED) is 0.832. The number of hydrogen-bond acceptors (Lipinski definition) is 2. The van der Waals surface area contributed by atoms with Gasteiger partial charge in [0.25, 0.3) is 0 Å². The first-order chi connectivity index (χ1) is 11.7. The second-order valence-corrected chi connectivity index (χ2v) is 7.91. The van der Waals surface area contributed by atoms with E-state index in [2.05, 4.69) is 10.6 Å². The van der Waals surface area contributed by atoms with Crippen molar-refractivity contribution in [2.45, 2.75) is 89.1 Å². The van der Waals surface area contributed by atoms with E-state index in [1.165, 1.54) is 38.5 Å². The summed E-state index contributed by atoms with van der Waals surface area (Å²) in [6, 6.07) is 0.734. The van der Waals surface area contributed by atoms with E-state index in [-0.39, 0.29) is 17.9 Å². The molecule has 0 aromatic heterocycles. The Morgan fingerprint density at radius 2 is 1.29 bits per heavy atom. The number of hydrogen-bond donors (Lipinski definition) is 2. The molecule has 2 aliphatic carbocycles. The van der Waals surface area contributed by atoms with Gasteiger partial charge in [-0.2, -0.15) is 0 Å². The summed E-state index contributed by atoms with van der Waals surface area (Å²) in [6.07, 6.45) is 13.8. The molecule has 0 radical (unpaired) electrons. The van der Waals surface area contributed by atoms with Crippen molar-refractivity contribution >= 4 is 11.9 Å². The first kappa shape index (κ1) is 17.6. The van der Waals surface area contributed by atoms with Crippen molar-refractivity contribution in [1.29, 1.82) is 0 Å². The number of carbonyl (C=O) groups is 2. The molecule has 3 aliphatic rings. The van der Waals surface area contributed by atoms with Crippen LogP contribution in [0.3, 0.4) is 0 Å². The molecule has 5 heteroatoms. The topological polar surface area (TPSA) is 61.4 Å². The van der Waals surface area contributed by atoms with Crippen molar-refractivity contribution in [2.24, 2.45) is 5.92 Å². The molecule has 3 rings (SSSR count). The van der Waals surface area contributed by atoms with Crippen molar-refractivity contribution in [1.82, 2.24) is 15.5 Å². The van der Waals surface area contributed by atoms with Crippen LogP contribution in [0.2, 0.25) is 0 Å². The number of carbonyl (C=O) groups excluding carboxylic acids is 2. The molecule has 0 aromatic rings. The van der Waals surface area contributed by atoms with E-state index in [1.54, 1.807) is 0 Å². The molecule has 3 fully saturated rings. The molecule has 2 saturated carbocycles. The van der Waals surface area contributed by atoms with Crippen LogP contribution < -0.4 is 10.6 Å². The molecule has 1 saturated heterocycles. The fourth-order valence-corrected chi connectivity index (χ4v) is 4.45. The maximum Gasteiger partial charge on any atom is 0.317 e. The second kappa shape index (κ2) is 8.72. The maximum absolute atomic E-state index is 12.6. The smallest absolute Gasteiger partial charge is 0.317 e. The summed E-state index contributed by atoms with van der Waals surface area (Å²) in [4.78, 5) is 26.9. The van der Waals surface area contributed by atoms with Crippen LogP contribution in [0.15, 0.2) is 0 Å². The molecule has 0 spiro atoms. The lowest BCUT2D eigenvalue weighted by Crippen LogP contribution is -2.52. The predicted octanol–water partition coefficient (Wildman–Crippen LogP) is 3.19. The predicted molar refractivity (Wildman–Crippen MR) is 94.7 cm³/mol. The Hall–Kier alpha value is -1.26. The van der Waals surface area contributed by atoms with E-state index in [0.29, 0.717) is 18.6 Å². The Morgan fingerprint density at radius 1 is 0.708 bits per heavy atom. The first-order valence-electron chi connectivity index (χ1n) is 10.1. The van der Waals surface area contributed by atoms with E-state index in [0.717, 1.165) is 45.1 Å². The van der Waals surface area contributed by atoms with E-state index < -0.39 is 0 Å². The van der Waals surface area contributed by atoms with Crippen molar-refractivity contribution in [2.75, 3.05) is 13.1 Å². The highest BCUT2D eigenvalue weighted by Gasteiger charge is 2.30. The highest BCUT2D eigenvalue weighted by molar-refractivity contribution is 5.81. The molecule has 1 atom stereocenters. The molecule has 0 bridgehead atoms. The van der Waals surface area contributed by atoms with Gasteiger partial charge in [-0.25, -0.2) is 4.79 Å². The minimum Gasteiger partial charge on any atom is -0.353 e. The van der Waals surface area contributed by atoms with Gasteiger partial charge in [-0.15, -0.1) is 0 Å². The van der Waals surface area contributed by atoms with Crippen LogP contribution in [0, 0.1) is 5.92 Å². The number of amides is 3. The Bertz CT molecular complexity index is 390. The molecule has 2 N–H and O–H groups in total. The van der Waals surface area contributed by atoms with Crippen molar-refractivity contribution in [3.8, 4) is 0 Å². The van der Waals surface area contributed by atoms with Gasteiger partial charge in [0.15, 0.2) is 0 Å². The standard InChI is InChI=1S/C19H33N3O2/c23-18(20-16-9-3-1-4-10-16)15-8-7-13-22(14-15)19(24)21-17-11-5-2-6-12-17/h15-17H,1-14H2,(H,20,23)(H,21,24)/t15-/m1/s1. The number of nitrogens with zero attached hydrogens (tertiary/aromatic N) is 1. The van der Waals surface area contributed by atoms with Crippen molar-refractivity contribution < 1.29 is 9.59 Å². The average molecular weight is 335 g/mol. The van der Waals surface area contributed by atoms with E-state index in [4.69, 9.17) is 0 Å². The van der Waals surface area contributed by atoms with Gasteiger partial charge < -0.3 is 15.5 Å². The normalized spacial score (nSPS) is 26.8. The van der Waals surface area contributed by atoms with Gasteiger partial charge in [-0.3, -0.25) is 4.79 Å². The molecular weight excluding hydrogens is 302 g/mol. The fraction of sp³-hybridized carbons (Fsp3) is 0.895. The number of nitrogens with one attached hydrogen (secondary N) is 2. The fourth-order valence-electron chi connectivity index (χ4n) is 4.45. The Labute approximate surface area is 145 Å². The number of rotatable bonds is 3. The third kappa shape index (κ3) is 4.87. The molecule has 24 heavy (non-hydrogen) atoms. The van der Waals surface area contributed by atoms with Gasteiger partial charge in [-0.1, -0.05) is 38.5 Å². The minimum absolute atomic E-state index is 0.0298. The van der Waals surface area contributed by atoms with Crippen LogP contribution in [-0.4, -0.2) is 42.0 Å². The van der Waals surface area contributed by atoms with Crippen LogP contribution in [-0.2, 0) is 4.79 Å². The van der Waals surface area contributed by atoms with Gasteiger partial charge in [0.2, 0.25) is 5.91 Å². The largest absolute Gasteiger partial charge is 0.353 e. The Kier molecular flexibility index (Phi) is 6.38. The first-order valence-corrected chi connectivity index (χ1v) is 10.1. The minimum atomic E-state index is -0.0298. The second-order valence-electron chi connectivity index (χ2n) is 7.91. The van der Waals surface area contributed by atoms with Crippen LogP contribution in [0.5, 0.6) is 0 Å². The summed E-state index contributed by atoms with van der Waals surface area (Å²) in [6.45, 7) is 1.36. The zero-order chi connectivity index (χ0) is 16.8. The number of piperidine rings is 1. The maximum atomic E-state index is 12.6. The van der Waals surface area contributed by atoms with Gasteiger partial charge in [0, 0.05) is 25.2 Å². The Morgan fingerprint density at radius 3 is 1.92 bits per heavy atom. The molecule has 136 valence electrons. The lowest BCUT2D eigenvalue weighted by molar-refractivity contribution is -0.127. The molecule has 1 heterocycles. The Balaban J connectivity index is 1.45. The number of likely N-dealkylation sites (tertiary alicyclic amines) is 1. The summed E-state index contributed by atoms with van der Waals surface area (Å²) in [7, 11) is 0. The van der Waals surface area contributed by atoms with E-state index >= 15 is 0 Å². The van der Waals surface area contributed by atoms with Crippen LogP contribution in [0.4, 0.5) is 4.79 Å². The molecule has 5 nitrogen and oxygen atoms in total. The van der Waals surface area contributed by atoms with Crippen LogP contribution in [0.25, 0.3) is 0 Å². The summed E-state index contributed by atoms with van der Waals surface area (Å²) in [5.74, 6) is 0.134. The van der Waals surface area contributed by atoms with E-state index in [9.17, 15) is 9.59 Å². The molecular formula is C19H33N3O2. The van der Waals surface area contributed by atoms with Crippen LogP contribution in [0.1, 0.15) is 77.0 Å². The van der Waals surface area contributed by atoms with Crippen molar-refractivity contribution in [3.63, 3.8) is 0 Å². The van der Waals surface area contributed by atoms with Gasteiger partial charge in [-0.05, 0) is 38.5 Å². The zero-order valence-electron chi connectivity index (χ0n) is 14.9. The van der Waals surface area contributed by atoms with Gasteiger partial charge in [0.1, 0.15) is 0 Å². The zero-order valence-corrected chi connectivity index (χ0v) is 14.9. The van der Waals surface area contributed by atoms with Crippen LogP contribution >= 0.6 is 0 Å². The SMILES string of the molecule is O=C(NC1CCCCC1)[C@@H]1CCCN(C(=O)NC2CCCCC2)C1. The number of urea groups is 1. The molecule has 0 aromatic carbocycles. The third-order valence-corrected chi connectivity index (χ3v) is 5.96. The van der Waals surface area contributed by atoms with Gasteiger partial charge in [0.05, 0.1) is 5.92 Å². The highest BCUT2D eigenvalue weighted by atomic mass is 16.2. The lowest BCUT2D eigenvalue weighted by Gasteiger charge is -2.35. The summed E-state index contributed by atoms with van der Waals surface area (Å²) < 4.78 is 0. The summed E-state index contributed by atoms with van der Waals surface area (Å²) in [5, 5.41) is 6.42. The average Bonchev–Trinajstić information content (AvgIpc) is 2.63. The summed E-state index contributed by atoms with van der Waals surface area (Å²) in [5.41, 5.74) is 0. The third-order valence-electron chi connectivity index (χ3n) is 5.96. The van der Waals surface area contributed by atoms with Gasteiger partial charge >= 0.3 is 6.03 Å². The monoisotopic (exact) mass is 335 g/mol. The highest BCUT2D eigenvalue weighted by Crippen LogP contribution is 2.22. The molecule has 0 unspecified atom stereocenters. The summed E-state index contributed by atoms with van der Waals surface area (Å²) >= 11 is 0. The molecule has 1 aliphatic heterocycles. The van der Waals surface area contributed by atoms with Crippen molar-refractivity contribution in [3.05, 3.63) is 0 Å². The lowest BCUT2D eigenvalue weighted by atomic mass is 9.93. The van der Waals surface area contributed by atoms with E-state index in [1.807, 2.05) is 4.90 Å².